The molecule has 0 aromatic heterocycles. The van der Waals surface area contributed by atoms with Gasteiger partial charge in [-0.05, 0) is 122 Å². The van der Waals surface area contributed by atoms with Gasteiger partial charge >= 0.3 is 0 Å². The first-order valence-corrected chi connectivity index (χ1v) is 20.4. The summed E-state index contributed by atoms with van der Waals surface area (Å²) in [5.41, 5.74) is 17.3. The fraction of sp³-hybridized carbons (Fsp3) is 0.283. The molecule has 0 unspecified atom stereocenters. The van der Waals surface area contributed by atoms with Crippen LogP contribution in [0.3, 0.4) is 0 Å². The lowest BCUT2D eigenvalue weighted by Crippen LogP contribution is -2.35. The van der Waals surface area contributed by atoms with Gasteiger partial charge in [0, 0.05) is 22.2 Å². The minimum atomic E-state index is -0.104. The Kier molecular flexibility index (Phi) is 8.73. The van der Waals surface area contributed by atoms with E-state index in [9.17, 15) is 0 Å². The largest absolute Gasteiger partial charge is 0.309 e. The van der Waals surface area contributed by atoms with Crippen LogP contribution >= 0.6 is 0 Å². The number of benzene rings is 6. The highest BCUT2D eigenvalue weighted by molar-refractivity contribution is 5.94. The molecule has 0 saturated heterocycles. The Morgan fingerprint density at radius 2 is 1.30 bits per heavy atom. The Morgan fingerprint density at radius 3 is 2.09 bits per heavy atom. The molecule has 1 heteroatoms. The van der Waals surface area contributed by atoms with Gasteiger partial charge in [-0.1, -0.05) is 163 Å². The van der Waals surface area contributed by atoms with E-state index in [1.807, 2.05) is 0 Å². The Labute approximate surface area is 322 Å². The molecular weight excluding hydrogens is 651 g/mol. The van der Waals surface area contributed by atoms with Gasteiger partial charge in [-0.2, -0.15) is 0 Å². The van der Waals surface area contributed by atoms with Crippen LogP contribution in [0.4, 0.5) is 17.1 Å². The van der Waals surface area contributed by atoms with E-state index in [2.05, 4.69) is 179 Å². The maximum atomic E-state index is 2.59. The summed E-state index contributed by atoms with van der Waals surface area (Å²) < 4.78 is 0. The summed E-state index contributed by atoms with van der Waals surface area (Å²) in [6.07, 6.45) is 11.2. The lowest BCUT2D eigenvalue weighted by atomic mass is 9.80. The molecular formula is C53H53N. The molecule has 0 heterocycles. The first-order chi connectivity index (χ1) is 26.2. The topological polar surface area (TPSA) is 3.24 Å². The number of hydrogen-bond donors (Lipinski definition) is 0. The SMILES string of the molecule is CC(C)(C)c1ccc(N(c2ccc3c(c2)C(C)(C)c2ccccc2-3)c2ccccc2C2=c3c(C4CCCCC4)cccc3=CCC2)c(-c2ccccc2)c1. The van der Waals surface area contributed by atoms with Crippen LogP contribution in [0.1, 0.15) is 113 Å². The Hall–Kier alpha value is -5.14. The normalized spacial score (nSPS) is 16.3. The minimum absolute atomic E-state index is 0.0157. The van der Waals surface area contributed by atoms with E-state index in [-0.39, 0.29) is 10.8 Å². The second-order valence-corrected chi connectivity index (χ2v) is 17.5. The van der Waals surface area contributed by atoms with Gasteiger partial charge in [0.05, 0.1) is 11.4 Å². The number of nitrogens with zero attached hydrogens (tertiary/aromatic N) is 1. The number of fused-ring (bicyclic) bond motifs is 4. The van der Waals surface area contributed by atoms with Gasteiger partial charge in [-0.3, -0.25) is 0 Å². The molecule has 1 saturated carbocycles. The molecule has 1 fully saturated rings. The van der Waals surface area contributed by atoms with Gasteiger partial charge in [-0.15, -0.1) is 0 Å². The summed E-state index contributed by atoms with van der Waals surface area (Å²) in [6, 6.07) is 50.9. The predicted octanol–water partition coefficient (Wildman–Crippen LogP) is 13.2. The lowest BCUT2D eigenvalue weighted by molar-refractivity contribution is 0.442. The average molecular weight is 704 g/mol. The van der Waals surface area contributed by atoms with E-state index in [0.29, 0.717) is 5.92 Å². The zero-order chi connectivity index (χ0) is 37.0. The summed E-state index contributed by atoms with van der Waals surface area (Å²) >= 11 is 0. The Balaban J connectivity index is 1.33. The van der Waals surface area contributed by atoms with E-state index >= 15 is 0 Å². The van der Waals surface area contributed by atoms with E-state index in [1.54, 1.807) is 5.56 Å². The Bertz CT molecular complexity index is 2490. The minimum Gasteiger partial charge on any atom is -0.309 e. The van der Waals surface area contributed by atoms with Crippen LogP contribution in [0.5, 0.6) is 0 Å². The highest BCUT2D eigenvalue weighted by atomic mass is 15.1. The smallest absolute Gasteiger partial charge is 0.0540 e. The number of anilines is 3. The second-order valence-electron chi connectivity index (χ2n) is 17.5. The fourth-order valence-electron chi connectivity index (χ4n) is 9.84. The molecule has 0 N–H and O–H groups in total. The maximum Gasteiger partial charge on any atom is 0.0540 e. The molecule has 0 bridgehead atoms. The summed E-state index contributed by atoms with van der Waals surface area (Å²) in [5.74, 6) is 0.633. The van der Waals surface area contributed by atoms with Crippen LogP contribution in [-0.4, -0.2) is 0 Å². The van der Waals surface area contributed by atoms with E-state index in [1.165, 1.54) is 110 Å². The van der Waals surface area contributed by atoms with Crippen molar-refractivity contribution >= 4 is 28.7 Å². The summed E-state index contributed by atoms with van der Waals surface area (Å²) in [4.78, 5) is 2.59. The number of hydrogen-bond acceptors (Lipinski definition) is 1. The second kappa shape index (κ2) is 13.6. The summed E-state index contributed by atoms with van der Waals surface area (Å²) in [7, 11) is 0. The van der Waals surface area contributed by atoms with Crippen molar-refractivity contribution in [3.05, 3.63) is 172 Å². The standard InChI is InChI=1S/C53H53N/c1-52(2,3)39-30-33-50(46(34-39)37-20-10-7-11-21-37)54(40-31-32-43-42-24-12-14-28-47(42)53(4,5)48(43)35-40)49-29-15-13-25-44(49)45-27-17-23-38-22-16-26-41(51(38)45)36-18-8-6-9-19-36/h7,10-16,20-26,28-36H,6,8-9,17-19,27H2,1-5H3. The lowest BCUT2D eigenvalue weighted by Gasteiger charge is -2.33. The van der Waals surface area contributed by atoms with Crippen molar-refractivity contribution in [2.45, 2.75) is 96.3 Å². The third kappa shape index (κ3) is 5.94. The van der Waals surface area contributed by atoms with Crippen molar-refractivity contribution in [2.75, 3.05) is 4.90 Å². The quantitative estimate of drug-likeness (QED) is 0.167. The zero-order valence-corrected chi connectivity index (χ0v) is 32.8. The monoisotopic (exact) mass is 703 g/mol. The van der Waals surface area contributed by atoms with Crippen molar-refractivity contribution in [1.82, 2.24) is 0 Å². The number of para-hydroxylation sites is 1. The van der Waals surface area contributed by atoms with Gasteiger partial charge in [0.1, 0.15) is 0 Å². The van der Waals surface area contributed by atoms with Gasteiger partial charge < -0.3 is 4.90 Å². The van der Waals surface area contributed by atoms with Gasteiger partial charge in [0.15, 0.2) is 0 Å². The van der Waals surface area contributed by atoms with Gasteiger partial charge in [0.25, 0.3) is 0 Å². The third-order valence-electron chi connectivity index (χ3n) is 12.7. The first-order valence-electron chi connectivity index (χ1n) is 20.4. The highest BCUT2D eigenvalue weighted by Crippen LogP contribution is 2.52. The first kappa shape index (κ1) is 34.6. The van der Waals surface area contributed by atoms with E-state index < -0.39 is 0 Å². The molecule has 1 nitrogen and oxygen atoms in total. The van der Waals surface area contributed by atoms with Crippen LogP contribution in [-0.2, 0) is 10.8 Å². The van der Waals surface area contributed by atoms with E-state index in [4.69, 9.17) is 0 Å². The molecule has 6 aromatic rings. The summed E-state index contributed by atoms with van der Waals surface area (Å²) in [5, 5.41) is 2.91. The van der Waals surface area contributed by atoms with Crippen molar-refractivity contribution in [1.29, 1.82) is 0 Å². The van der Waals surface area contributed by atoms with Crippen LogP contribution < -0.4 is 15.3 Å². The molecule has 6 aromatic carbocycles. The molecule has 0 radical (unpaired) electrons. The van der Waals surface area contributed by atoms with Gasteiger partial charge in [0.2, 0.25) is 0 Å². The molecule has 270 valence electrons. The molecule has 54 heavy (non-hydrogen) atoms. The van der Waals surface area contributed by atoms with Crippen LogP contribution in [0, 0.1) is 0 Å². The number of rotatable bonds is 6. The van der Waals surface area contributed by atoms with Crippen molar-refractivity contribution < 1.29 is 0 Å². The molecule has 0 atom stereocenters. The fourth-order valence-corrected chi connectivity index (χ4v) is 9.84. The van der Waals surface area contributed by atoms with Crippen LogP contribution in [0.25, 0.3) is 33.9 Å². The highest BCUT2D eigenvalue weighted by Gasteiger charge is 2.36. The molecule has 3 aliphatic rings. The maximum absolute atomic E-state index is 2.59. The molecule has 0 spiro atoms. The molecule has 3 aliphatic carbocycles. The van der Waals surface area contributed by atoms with Crippen molar-refractivity contribution in [2.24, 2.45) is 0 Å². The molecule has 0 amide bonds. The van der Waals surface area contributed by atoms with Crippen LogP contribution in [0.2, 0.25) is 0 Å². The van der Waals surface area contributed by atoms with Gasteiger partial charge in [-0.25, -0.2) is 0 Å². The zero-order valence-electron chi connectivity index (χ0n) is 32.8. The Morgan fingerprint density at radius 1 is 0.593 bits per heavy atom. The molecule has 0 aliphatic heterocycles. The molecule has 9 rings (SSSR count). The van der Waals surface area contributed by atoms with E-state index in [0.717, 1.165) is 12.8 Å². The van der Waals surface area contributed by atoms with Crippen LogP contribution in [0.15, 0.2) is 133 Å². The predicted molar refractivity (Wildman–Crippen MR) is 231 cm³/mol. The summed E-state index contributed by atoms with van der Waals surface area (Å²) in [6.45, 7) is 11.8. The third-order valence-corrected chi connectivity index (χ3v) is 12.7. The van der Waals surface area contributed by atoms with Crippen molar-refractivity contribution in [3.63, 3.8) is 0 Å². The van der Waals surface area contributed by atoms with Crippen molar-refractivity contribution in [3.8, 4) is 22.3 Å². The average Bonchev–Trinajstić information content (AvgIpc) is 3.43.